The van der Waals surface area contributed by atoms with Crippen molar-refractivity contribution in [2.45, 2.75) is 30.1 Å². The molecule has 5 heteroatoms. The van der Waals surface area contributed by atoms with Gasteiger partial charge in [-0.3, -0.25) is 4.90 Å². The van der Waals surface area contributed by atoms with E-state index >= 15 is 0 Å². The smallest absolute Gasteiger partial charge is 0.240 e. The molecule has 1 aliphatic heterocycles. The van der Waals surface area contributed by atoms with Crippen LogP contribution in [0.4, 0.5) is 0 Å². The topological polar surface area (TPSA) is 37.4 Å². The van der Waals surface area contributed by atoms with Gasteiger partial charge in [-0.1, -0.05) is 54.6 Å². The largest absolute Gasteiger partial charge is 0.297 e. The molecule has 0 amide bonds. The van der Waals surface area contributed by atoms with Crippen LogP contribution in [0.2, 0.25) is 0 Å². The Morgan fingerprint density at radius 3 is 2.54 bits per heavy atom. The highest BCUT2D eigenvalue weighted by Crippen LogP contribution is 2.50. The van der Waals surface area contributed by atoms with Crippen LogP contribution in [0.5, 0.6) is 0 Å². The predicted octanol–water partition coefficient (Wildman–Crippen LogP) is 3.54. The number of likely N-dealkylation sites (tertiary alicyclic amines) is 1. The van der Waals surface area contributed by atoms with Crippen molar-refractivity contribution in [3.05, 3.63) is 71.3 Å². The van der Waals surface area contributed by atoms with Crippen molar-refractivity contribution in [3.63, 3.8) is 0 Å². The highest BCUT2D eigenvalue weighted by molar-refractivity contribution is 8.14. The number of rotatable bonds is 3. The monoisotopic (exact) mass is 361 g/mol. The Morgan fingerprint density at radius 2 is 1.79 bits per heavy atom. The van der Waals surface area contributed by atoms with Crippen molar-refractivity contribution in [2.24, 2.45) is 0 Å². The van der Waals surface area contributed by atoms with E-state index in [0.717, 1.165) is 25.1 Å². The molecule has 0 N–H and O–H groups in total. The zero-order valence-electron chi connectivity index (χ0n) is 13.4. The summed E-state index contributed by atoms with van der Waals surface area (Å²) in [6.07, 6.45) is 1.38. The minimum absolute atomic E-state index is 0.0475. The Balaban J connectivity index is 1.72. The summed E-state index contributed by atoms with van der Waals surface area (Å²) >= 11 is 0. The lowest BCUT2D eigenvalue weighted by Gasteiger charge is -2.37. The molecule has 2 aliphatic rings. The van der Waals surface area contributed by atoms with Gasteiger partial charge < -0.3 is 0 Å². The molecule has 2 aromatic carbocycles. The third kappa shape index (κ3) is 2.57. The first-order valence-electron chi connectivity index (χ1n) is 8.28. The summed E-state index contributed by atoms with van der Waals surface area (Å²) in [5.41, 5.74) is 3.62. The first-order chi connectivity index (χ1) is 11.5. The molecule has 4 rings (SSSR count). The van der Waals surface area contributed by atoms with E-state index in [1.807, 2.05) is 30.3 Å². The third-order valence-electron chi connectivity index (χ3n) is 5.55. The Kier molecular flexibility index (Phi) is 3.94. The number of benzene rings is 2. The van der Waals surface area contributed by atoms with E-state index in [1.165, 1.54) is 11.1 Å². The highest BCUT2D eigenvalue weighted by atomic mass is 35.7. The average Bonchev–Trinajstić information content (AvgIpc) is 2.95. The maximum atomic E-state index is 12.5. The van der Waals surface area contributed by atoms with Crippen LogP contribution in [0.25, 0.3) is 0 Å². The first-order valence-corrected chi connectivity index (χ1v) is 10.6. The number of hydrogen-bond acceptors (Lipinski definition) is 3. The fourth-order valence-electron chi connectivity index (χ4n) is 4.39. The molecule has 1 heterocycles. The van der Waals surface area contributed by atoms with Crippen molar-refractivity contribution in [1.29, 1.82) is 0 Å². The lowest BCUT2D eigenvalue weighted by molar-refractivity contribution is 0.317. The van der Waals surface area contributed by atoms with E-state index in [0.29, 0.717) is 13.0 Å². The summed E-state index contributed by atoms with van der Waals surface area (Å²) < 4.78 is 24.2. The second-order valence-corrected chi connectivity index (χ2v) is 9.82. The second kappa shape index (κ2) is 5.87. The van der Waals surface area contributed by atoms with E-state index in [4.69, 9.17) is 10.7 Å². The van der Waals surface area contributed by atoms with Gasteiger partial charge in [-0.05, 0) is 29.5 Å². The quantitative estimate of drug-likeness (QED) is 0.785. The number of hydrogen-bond donors (Lipinski definition) is 0. The molecule has 0 spiro atoms. The number of halogens is 1. The summed E-state index contributed by atoms with van der Waals surface area (Å²) in [5.74, 6) is -0.0475. The van der Waals surface area contributed by atoms with Gasteiger partial charge in [0.15, 0.2) is 0 Å². The van der Waals surface area contributed by atoms with Crippen molar-refractivity contribution in [3.8, 4) is 0 Å². The summed E-state index contributed by atoms with van der Waals surface area (Å²) in [4.78, 5) is 2.24. The van der Waals surface area contributed by atoms with Gasteiger partial charge in [-0.2, -0.15) is 0 Å². The molecule has 1 aliphatic carbocycles. The fourth-order valence-corrected chi connectivity index (χ4v) is 6.32. The van der Waals surface area contributed by atoms with Crippen LogP contribution in [0.15, 0.2) is 54.6 Å². The molecular formula is C19H20ClNO2S. The SMILES string of the molecule is O=S(=O)(Cl)[C@@]12CCc3ccccc3[C@@H]1CN(Cc1ccccc1)C2. The van der Waals surface area contributed by atoms with Crippen LogP contribution in [0.1, 0.15) is 29.0 Å². The predicted molar refractivity (Wildman–Crippen MR) is 96.7 cm³/mol. The molecule has 24 heavy (non-hydrogen) atoms. The molecule has 2 aromatic rings. The number of fused-ring (bicyclic) bond motifs is 3. The van der Waals surface area contributed by atoms with Crippen LogP contribution >= 0.6 is 10.7 Å². The third-order valence-corrected chi connectivity index (χ3v) is 8.06. The molecule has 1 fully saturated rings. The van der Waals surface area contributed by atoms with E-state index in [2.05, 4.69) is 29.2 Å². The maximum Gasteiger partial charge on any atom is 0.240 e. The summed E-state index contributed by atoms with van der Waals surface area (Å²) in [6, 6.07) is 18.4. The van der Waals surface area contributed by atoms with Crippen molar-refractivity contribution in [1.82, 2.24) is 4.90 Å². The lowest BCUT2D eigenvalue weighted by Crippen LogP contribution is -2.45. The van der Waals surface area contributed by atoms with Crippen molar-refractivity contribution >= 4 is 19.7 Å². The average molecular weight is 362 g/mol. The molecule has 0 unspecified atom stereocenters. The molecule has 2 atom stereocenters. The normalized spacial score (nSPS) is 26.8. The van der Waals surface area contributed by atoms with Gasteiger partial charge in [-0.15, -0.1) is 0 Å². The van der Waals surface area contributed by atoms with Crippen LogP contribution < -0.4 is 0 Å². The lowest BCUT2D eigenvalue weighted by atomic mass is 9.76. The van der Waals surface area contributed by atoms with Crippen LogP contribution in [0.3, 0.4) is 0 Å². The van der Waals surface area contributed by atoms with Gasteiger partial charge in [0.25, 0.3) is 0 Å². The maximum absolute atomic E-state index is 12.5. The van der Waals surface area contributed by atoms with E-state index in [9.17, 15) is 8.42 Å². The van der Waals surface area contributed by atoms with Gasteiger partial charge in [0.1, 0.15) is 4.75 Å². The molecule has 3 nitrogen and oxygen atoms in total. The van der Waals surface area contributed by atoms with Gasteiger partial charge in [-0.25, -0.2) is 8.42 Å². The van der Waals surface area contributed by atoms with E-state index in [-0.39, 0.29) is 5.92 Å². The van der Waals surface area contributed by atoms with Gasteiger partial charge >= 0.3 is 0 Å². The minimum atomic E-state index is -3.66. The molecular weight excluding hydrogens is 342 g/mol. The molecule has 0 bridgehead atoms. The fraction of sp³-hybridized carbons (Fsp3) is 0.368. The summed E-state index contributed by atoms with van der Waals surface area (Å²) in [7, 11) is 2.32. The Labute approximate surface area is 147 Å². The second-order valence-electron chi connectivity index (χ2n) is 6.91. The molecule has 0 radical (unpaired) electrons. The van der Waals surface area contributed by atoms with E-state index in [1.54, 1.807) is 0 Å². The minimum Gasteiger partial charge on any atom is -0.297 e. The van der Waals surface area contributed by atoms with Crippen LogP contribution in [-0.4, -0.2) is 31.2 Å². The Hall–Kier alpha value is -1.36. The zero-order chi connectivity index (χ0) is 16.8. The number of nitrogens with zero attached hydrogens (tertiary/aromatic N) is 1. The van der Waals surface area contributed by atoms with Crippen molar-refractivity contribution in [2.75, 3.05) is 13.1 Å². The Morgan fingerprint density at radius 1 is 1.08 bits per heavy atom. The van der Waals surface area contributed by atoms with Gasteiger partial charge in [0.2, 0.25) is 9.05 Å². The van der Waals surface area contributed by atoms with Crippen LogP contribution in [0, 0.1) is 0 Å². The van der Waals surface area contributed by atoms with E-state index < -0.39 is 13.8 Å². The summed E-state index contributed by atoms with van der Waals surface area (Å²) in [5, 5.41) is 0. The zero-order valence-corrected chi connectivity index (χ0v) is 14.9. The standard InChI is InChI=1S/C19H20ClNO2S/c20-24(22,23)19-11-10-16-8-4-5-9-17(16)18(19)13-21(14-19)12-15-6-2-1-3-7-15/h1-9,18H,10-14H2/t18-,19+/m0/s1. The number of aryl methyl sites for hydroxylation is 1. The van der Waals surface area contributed by atoms with Gasteiger partial charge in [0, 0.05) is 36.2 Å². The molecule has 0 aromatic heterocycles. The molecule has 0 saturated carbocycles. The van der Waals surface area contributed by atoms with Crippen LogP contribution in [-0.2, 0) is 22.0 Å². The Bertz CT molecular complexity index is 853. The highest BCUT2D eigenvalue weighted by Gasteiger charge is 2.57. The first kappa shape index (κ1) is 16.1. The van der Waals surface area contributed by atoms with Gasteiger partial charge in [0.05, 0.1) is 0 Å². The summed E-state index contributed by atoms with van der Waals surface area (Å²) in [6.45, 7) is 2.00. The molecule has 126 valence electrons. The molecule has 1 saturated heterocycles. The van der Waals surface area contributed by atoms with Crippen molar-refractivity contribution < 1.29 is 8.42 Å².